The van der Waals surface area contributed by atoms with E-state index in [9.17, 15) is 4.79 Å². The van der Waals surface area contributed by atoms with Crippen LogP contribution < -0.4 is 0 Å². The third kappa shape index (κ3) is 18.5. The summed E-state index contributed by atoms with van der Waals surface area (Å²) in [5, 5.41) is 8.52. The maximum Gasteiger partial charge on any atom is 0.303 e. The molecular formula is C20H32O2. The number of carboxylic acid groups (broad SMARTS) is 1. The highest BCUT2D eigenvalue weighted by molar-refractivity contribution is 5.66. The lowest BCUT2D eigenvalue weighted by Crippen LogP contribution is -1.93. The number of allylic oxidation sites excluding steroid dienone is 5. The van der Waals surface area contributed by atoms with Gasteiger partial charge in [0.1, 0.15) is 0 Å². The highest BCUT2D eigenvalue weighted by atomic mass is 16.4. The van der Waals surface area contributed by atoms with Crippen LogP contribution in [0.5, 0.6) is 0 Å². The van der Waals surface area contributed by atoms with Gasteiger partial charge in [-0.05, 0) is 51.2 Å². The first-order chi connectivity index (χ1) is 10.8. The van der Waals surface area contributed by atoms with Crippen LogP contribution in [0.2, 0.25) is 0 Å². The third-order valence-electron chi connectivity index (χ3n) is 3.41. The summed E-state index contributed by atoms with van der Waals surface area (Å²) >= 11 is 0. The molecule has 0 aliphatic heterocycles. The van der Waals surface area contributed by atoms with E-state index in [0.717, 1.165) is 25.7 Å². The second-order valence-electron chi connectivity index (χ2n) is 5.48. The van der Waals surface area contributed by atoms with Crippen LogP contribution in [0.1, 0.15) is 77.6 Å². The lowest BCUT2D eigenvalue weighted by atomic mass is 10.1. The number of aliphatic carboxylic acids is 1. The minimum absolute atomic E-state index is 0.324. The van der Waals surface area contributed by atoms with Gasteiger partial charge in [-0.15, -0.1) is 5.73 Å². The summed E-state index contributed by atoms with van der Waals surface area (Å²) < 4.78 is 0. The molecule has 0 atom stereocenters. The molecule has 0 saturated heterocycles. The summed E-state index contributed by atoms with van der Waals surface area (Å²) in [5.41, 5.74) is 3.05. The molecule has 22 heavy (non-hydrogen) atoms. The fourth-order valence-corrected chi connectivity index (χ4v) is 2.16. The van der Waals surface area contributed by atoms with Gasteiger partial charge in [0.25, 0.3) is 0 Å². The van der Waals surface area contributed by atoms with Crippen molar-refractivity contribution in [2.24, 2.45) is 0 Å². The standard InChI is InChI=1S/C20H32O2/c1-2-3-4-5-6-7-8-9-10-11-12-13-14-15-16-17-18-19-20(21)22/h2,4,6-7,9-10H,5,8,11-19H2,1H3,(H,21,22). The molecule has 2 heteroatoms. The van der Waals surface area contributed by atoms with Crippen molar-refractivity contribution in [1.82, 2.24) is 0 Å². The van der Waals surface area contributed by atoms with Crippen LogP contribution in [0.15, 0.2) is 42.2 Å². The molecule has 0 aliphatic rings. The third-order valence-corrected chi connectivity index (χ3v) is 3.41. The highest BCUT2D eigenvalue weighted by Gasteiger charge is 1.96. The number of rotatable bonds is 14. The van der Waals surface area contributed by atoms with Gasteiger partial charge in [0.2, 0.25) is 0 Å². The van der Waals surface area contributed by atoms with Gasteiger partial charge in [0, 0.05) is 6.42 Å². The number of hydrogen-bond acceptors (Lipinski definition) is 1. The van der Waals surface area contributed by atoms with E-state index < -0.39 is 5.97 Å². The molecule has 2 nitrogen and oxygen atoms in total. The van der Waals surface area contributed by atoms with Crippen molar-refractivity contribution in [3.8, 4) is 0 Å². The van der Waals surface area contributed by atoms with Gasteiger partial charge in [0.05, 0.1) is 0 Å². The molecule has 0 spiro atoms. The van der Waals surface area contributed by atoms with E-state index in [0.29, 0.717) is 6.42 Å². The Labute approximate surface area is 136 Å². The summed E-state index contributed by atoms with van der Waals surface area (Å²) in [6, 6.07) is 0. The smallest absolute Gasteiger partial charge is 0.303 e. The molecule has 0 aliphatic carbocycles. The van der Waals surface area contributed by atoms with Crippen LogP contribution in [0.3, 0.4) is 0 Å². The maximum absolute atomic E-state index is 10.3. The zero-order chi connectivity index (χ0) is 16.3. The Morgan fingerprint density at radius 2 is 1.45 bits per heavy atom. The Balaban J connectivity index is 3.23. The summed E-state index contributed by atoms with van der Waals surface area (Å²) in [6.45, 7) is 1.97. The minimum Gasteiger partial charge on any atom is -0.481 e. The summed E-state index contributed by atoms with van der Waals surface area (Å²) in [6.07, 6.45) is 24.4. The van der Waals surface area contributed by atoms with Gasteiger partial charge in [0.15, 0.2) is 0 Å². The molecule has 0 bridgehead atoms. The summed E-state index contributed by atoms with van der Waals surface area (Å²) in [4.78, 5) is 10.3. The van der Waals surface area contributed by atoms with Crippen LogP contribution in [0.4, 0.5) is 0 Å². The summed E-state index contributed by atoms with van der Waals surface area (Å²) in [7, 11) is 0. The Bertz CT molecular complexity index is 371. The van der Waals surface area contributed by atoms with E-state index in [2.05, 4.69) is 30.0 Å². The van der Waals surface area contributed by atoms with E-state index in [1.807, 2.05) is 19.1 Å². The molecule has 0 unspecified atom stereocenters. The Morgan fingerprint density at radius 1 is 0.864 bits per heavy atom. The summed E-state index contributed by atoms with van der Waals surface area (Å²) in [5.74, 6) is -0.670. The van der Waals surface area contributed by atoms with Gasteiger partial charge < -0.3 is 5.11 Å². The second kappa shape index (κ2) is 17.5. The second-order valence-corrected chi connectivity index (χ2v) is 5.48. The number of hydrogen-bond donors (Lipinski definition) is 1. The van der Waals surface area contributed by atoms with Gasteiger partial charge in [-0.3, -0.25) is 4.79 Å². The van der Waals surface area contributed by atoms with Crippen molar-refractivity contribution in [2.45, 2.75) is 77.6 Å². The molecule has 0 saturated carbocycles. The SMILES string of the molecule is CC=C=CCC=CCC=CCCCCCCCCCC(=O)O. The highest BCUT2D eigenvalue weighted by Crippen LogP contribution is 2.10. The van der Waals surface area contributed by atoms with Crippen LogP contribution in [-0.4, -0.2) is 11.1 Å². The predicted octanol–water partition coefficient (Wildman–Crippen LogP) is 6.21. The van der Waals surface area contributed by atoms with Crippen LogP contribution in [0.25, 0.3) is 0 Å². The number of carbonyl (C=O) groups is 1. The first kappa shape index (κ1) is 20.5. The van der Waals surface area contributed by atoms with E-state index in [1.54, 1.807) is 0 Å². The minimum atomic E-state index is -0.670. The maximum atomic E-state index is 10.3. The van der Waals surface area contributed by atoms with E-state index in [4.69, 9.17) is 5.11 Å². The van der Waals surface area contributed by atoms with Crippen molar-refractivity contribution in [2.75, 3.05) is 0 Å². The van der Waals surface area contributed by atoms with E-state index in [-0.39, 0.29) is 0 Å². The molecule has 0 rings (SSSR count). The Hall–Kier alpha value is -1.53. The predicted molar refractivity (Wildman–Crippen MR) is 95.0 cm³/mol. The molecule has 0 aromatic rings. The number of carboxylic acids is 1. The molecule has 124 valence electrons. The number of unbranched alkanes of at least 4 members (excludes halogenated alkanes) is 7. The molecule has 0 fully saturated rings. The topological polar surface area (TPSA) is 37.3 Å². The van der Waals surface area contributed by atoms with Crippen LogP contribution in [0, 0.1) is 0 Å². The zero-order valence-corrected chi connectivity index (χ0v) is 14.1. The molecule has 0 aromatic heterocycles. The molecule has 0 radical (unpaired) electrons. The zero-order valence-electron chi connectivity index (χ0n) is 14.1. The van der Waals surface area contributed by atoms with Crippen molar-refractivity contribution in [3.63, 3.8) is 0 Å². The average molecular weight is 304 g/mol. The van der Waals surface area contributed by atoms with Crippen molar-refractivity contribution >= 4 is 5.97 Å². The largest absolute Gasteiger partial charge is 0.481 e. The van der Waals surface area contributed by atoms with Crippen LogP contribution >= 0.6 is 0 Å². The first-order valence-corrected chi connectivity index (χ1v) is 8.64. The van der Waals surface area contributed by atoms with Gasteiger partial charge >= 0.3 is 5.97 Å². The van der Waals surface area contributed by atoms with E-state index in [1.165, 1.54) is 38.5 Å². The van der Waals surface area contributed by atoms with E-state index >= 15 is 0 Å². The van der Waals surface area contributed by atoms with Crippen LogP contribution in [-0.2, 0) is 4.79 Å². The average Bonchev–Trinajstić information content (AvgIpc) is 2.50. The molecule has 0 heterocycles. The van der Waals surface area contributed by atoms with Crippen molar-refractivity contribution < 1.29 is 9.90 Å². The Morgan fingerprint density at radius 3 is 2.14 bits per heavy atom. The fourth-order valence-electron chi connectivity index (χ4n) is 2.16. The fraction of sp³-hybridized carbons (Fsp3) is 0.600. The molecule has 0 amide bonds. The molecular weight excluding hydrogens is 272 g/mol. The lowest BCUT2D eigenvalue weighted by molar-refractivity contribution is -0.137. The van der Waals surface area contributed by atoms with Gasteiger partial charge in [-0.25, -0.2) is 0 Å². The lowest BCUT2D eigenvalue weighted by Gasteiger charge is -2.00. The monoisotopic (exact) mass is 304 g/mol. The molecule has 0 aromatic carbocycles. The quantitative estimate of drug-likeness (QED) is 0.235. The van der Waals surface area contributed by atoms with Crippen molar-refractivity contribution in [3.05, 3.63) is 42.2 Å². The first-order valence-electron chi connectivity index (χ1n) is 8.64. The molecule has 1 N–H and O–H groups in total. The van der Waals surface area contributed by atoms with Gasteiger partial charge in [-0.2, -0.15) is 0 Å². The Kier molecular flexibility index (Phi) is 16.3. The van der Waals surface area contributed by atoms with Gasteiger partial charge in [-0.1, -0.05) is 56.4 Å². The van der Waals surface area contributed by atoms with Crippen molar-refractivity contribution in [1.29, 1.82) is 0 Å². The normalized spacial score (nSPS) is 11.0.